The molecule has 0 aromatic heterocycles. The van der Waals surface area contributed by atoms with Crippen LogP contribution < -0.4 is 4.90 Å². The van der Waals surface area contributed by atoms with Crippen LogP contribution in [0.1, 0.15) is 23.7 Å². The summed E-state index contributed by atoms with van der Waals surface area (Å²) in [5.41, 5.74) is -0.787. The number of benzene rings is 1. The van der Waals surface area contributed by atoms with E-state index >= 15 is 0 Å². The molecule has 0 aliphatic carbocycles. The Morgan fingerprint density at radius 2 is 2.14 bits per heavy atom. The lowest BCUT2D eigenvalue weighted by Gasteiger charge is -2.20. The van der Waals surface area contributed by atoms with Crippen LogP contribution in [0.3, 0.4) is 0 Å². The van der Waals surface area contributed by atoms with Crippen molar-refractivity contribution in [1.29, 1.82) is 0 Å². The maximum absolute atomic E-state index is 14.0. The first-order valence-corrected chi connectivity index (χ1v) is 7.26. The fourth-order valence-corrected chi connectivity index (χ4v) is 3.37. The first-order chi connectivity index (χ1) is 9.81. The summed E-state index contributed by atoms with van der Waals surface area (Å²) < 4.78 is 14.0. The zero-order valence-corrected chi connectivity index (χ0v) is 12.5. The summed E-state index contributed by atoms with van der Waals surface area (Å²) in [4.78, 5) is 35.4. The van der Waals surface area contributed by atoms with E-state index in [4.69, 9.17) is 11.6 Å². The third kappa shape index (κ3) is 3.19. The minimum Gasteiger partial charge on any atom is -0.478 e. The number of hydrogen-bond donors (Lipinski definition) is 1. The molecule has 1 heterocycles. The molecular weight excluding hydrogens is 321 g/mol. The quantitative estimate of drug-likeness (QED) is 0.921. The van der Waals surface area contributed by atoms with Crippen molar-refractivity contribution in [3.05, 3.63) is 28.5 Å². The van der Waals surface area contributed by atoms with Crippen LogP contribution in [-0.4, -0.2) is 33.9 Å². The van der Waals surface area contributed by atoms with Gasteiger partial charge in [0.05, 0.1) is 10.7 Å². The number of halogens is 2. The second-order valence-electron chi connectivity index (χ2n) is 4.50. The van der Waals surface area contributed by atoms with Crippen molar-refractivity contribution >= 4 is 46.0 Å². The topological polar surface area (TPSA) is 74.7 Å². The molecule has 1 fully saturated rings. The molecular formula is C13H11ClFNO4S. The number of carboxylic acid groups (broad SMARTS) is 1. The molecule has 0 bridgehead atoms. The van der Waals surface area contributed by atoms with Gasteiger partial charge in [0.2, 0.25) is 5.91 Å². The Kier molecular flexibility index (Phi) is 4.53. The summed E-state index contributed by atoms with van der Waals surface area (Å²) in [5.74, 6) is -2.68. The van der Waals surface area contributed by atoms with Crippen molar-refractivity contribution in [3.8, 4) is 0 Å². The van der Waals surface area contributed by atoms with Crippen LogP contribution in [-0.2, 0) is 9.59 Å². The van der Waals surface area contributed by atoms with Crippen molar-refractivity contribution in [1.82, 2.24) is 0 Å². The van der Waals surface area contributed by atoms with Crippen LogP contribution in [0.2, 0.25) is 5.02 Å². The highest BCUT2D eigenvalue weighted by Gasteiger charge is 2.36. The molecule has 1 amide bonds. The molecule has 5 nitrogen and oxygen atoms in total. The van der Waals surface area contributed by atoms with Gasteiger partial charge in [-0.1, -0.05) is 23.4 Å². The molecule has 2 rings (SSSR count). The molecule has 112 valence electrons. The number of carbonyl (C=O) groups excluding carboxylic acids is 2. The van der Waals surface area contributed by atoms with Gasteiger partial charge < -0.3 is 10.0 Å². The van der Waals surface area contributed by atoms with Crippen molar-refractivity contribution in [2.45, 2.75) is 18.6 Å². The molecule has 1 aromatic carbocycles. The van der Waals surface area contributed by atoms with E-state index in [-0.39, 0.29) is 34.0 Å². The normalized spacial score (nSPS) is 18.1. The van der Waals surface area contributed by atoms with Crippen LogP contribution in [0.15, 0.2) is 12.1 Å². The van der Waals surface area contributed by atoms with Crippen LogP contribution >= 0.6 is 23.4 Å². The lowest BCUT2D eigenvalue weighted by Crippen LogP contribution is -2.28. The highest BCUT2D eigenvalue weighted by molar-refractivity contribution is 8.14. The van der Waals surface area contributed by atoms with Crippen LogP contribution in [0.5, 0.6) is 0 Å². The van der Waals surface area contributed by atoms with E-state index in [1.807, 2.05) is 0 Å². The molecule has 0 spiro atoms. The second kappa shape index (κ2) is 6.03. The Balaban J connectivity index is 2.43. The van der Waals surface area contributed by atoms with Crippen LogP contribution in [0, 0.1) is 5.82 Å². The first kappa shape index (κ1) is 15.8. The summed E-state index contributed by atoms with van der Waals surface area (Å²) in [6, 6.07) is 2.15. The van der Waals surface area contributed by atoms with Crippen molar-refractivity contribution in [3.63, 3.8) is 0 Å². The zero-order valence-electron chi connectivity index (χ0n) is 10.9. The predicted octanol–water partition coefficient (Wildman–Crippen LogP) is 2.56. The highest BCUT2D eigenvalue weighted by atomic mass is 35.5. The van der Waals surface area contributed by atoms with E-state index in [1.54, 1.807) is 0 Å². The largest absolute Gasteiger partial charge is 0.478 e. The predicted molar refractivity (Wildman–Crippen MR) is 77.4 cm³/mol. The molecule has 1 aliphatic heterocycles. The third-order valence-electron chi connectivity index (χ3n) is 2.98. The average molecular weight is 332 g/mol. The standard InChI is InChI=1S/C13H11ClFNO4S/c1-6(17)21-7-4-10(18)16(5-7)12-9(15)3-2-8(14)11(12)13(19)20/h2-3,7H,4-5H2,1H3,(H,19,20). The Labute approximate surface area is 129 Å². The number of rotatable bonds is 3. The number of carbonyl (C=O) groups is 3. The number of thioether (sulfide) groups is 1. The van der Waals surface area contributed by atoms with Crippen LogP contribution in [0.4, 0.5) is 10.1 Å². The first-order valence-electron chi connectivity index (χ1n) is 6.00. The second-order valence-corrected chi connectivity index (χ2v) is 6.38. The lowest BCUT2D eigenvalue weighted by atomic mass is 10.1. The number of hydrogen-bond acceptors (Lipinski definition) is 4. The minimum atomic E-state index is -1.41. The fourth-order valence-electron chi connectivity index (χ4n) is 2.21. The average Bonchev–Trinajstić information content (AvgIpc) is 2.71. The molecule has 1 N–H and O–H groups in total. The fraction of sp³-hybridized carbons (Fsp3) is 0.308. The number of carboxylic acids is 1. The Morgan fingerprint density at radius 3 is 2.71 bits per heavy atom. The zero-order chi connectivity index (χ0) is 15.7. The Morgan fingerprint density at radius 1 is 1.48 bits per heavy atom. The Hall–Kier alpha value is -1.60. The van der Waals surface area contributed by atoms with E-state index < -0.39 is 23.3 Å². The molecule has 8 heteroatoms. The number of anilines is 1. The Bertz CT molecular complexity index is 637. The molecule has 1 aliphatic rings. The van der Waals surface area contributed by atoms with Gasteiger partial charge in [0.15, 0.2) is 5.12 Å². The van der Waals surface area contributed by atoms with E-state index in [1.165, 1.54) is 6.92 Å². The smallest absolute Gasteiger partial charge is 0.339 e. The van der Waals surface area contributed by atoms with Crippen molar-refractivity contribution in [2.75, 3.05) is 11.4 Å². The van der Waals surface area contributed by atoms with Gasteiger partial charge in [0.25, 0.3) is 0 Å². The number of aromatic carboxylic acids is 1. The van der Waals surface area contributed by atoms with Gasteiger partial charge in [-0.25, -0.2) is 9.18 Å². The van der Waals surface area contributed by atoms with E-state index in [0.29, 0.717) is 0 Å². The molecule has 1 aromatic rings. The van der Waals surface area contributed by atoms with Gasteiger partial charge in [-0.15, -0.1) is 0 Å². The summed E-state index contributed by atoms with van der Waals surface area (Å²) in [7, 11) is 0. The molecule has 0 saturated carbocycles. The number of nitrogens with zero attached hydrogens (tertiary/aromatic N) is 1. The van der Waals surface area contributed by atoms with Gasteiger partial charge in [0.1, 0.15) is 11.4 Å². The summed E-state index contributed by atoms with van der Waals surface area (Å²) in [5, 5.41) is 8.56. The maximum Gasteiger partial charge on any atom is 0.339 e. The van der Waals surface area contributed by atoms with Gasteiger partial charge >= 0.3 is 5.97 Å². The van der Waals surface area contributed by atoms with Gasteiger partial charge in [-0.2, -0.15) is 0 Å². The van der Waals surface area contributed by atoms with E-state index in [9.17, 15) is 23.9 Å². The molecule has 0 radical (unpaired) electrons. The van der Waals surface area contributed by atoms with Crippen molar-refractivity contribution < 1.29 is 23.9 Å². The highest BCUT2D eigenvalue weighted by Crippen LogP contribution is 2.35. The van der Waals surface area contributed by atoms with Gasteiger partial charge in [-0.05, 0) is 12.1 Å². The molecule has 1 saturated heterocycles. The lowest BCUT2D eigenvalue weighted by molar-refractivity contribution is -0.117. The molecule has 1 unspecified atom stereocenters. The third-order valence-corrected chi connectivity index (χ3v) is 4.28. The van der Waals surface area contributed by atoms with E-state index in [0.717, 1.165) is 28.8 Å². The summed E-state index contributed by atoms with van der Waals surface area (Å²) >= 11 is 6.78. The van der Waals surface area contributed by atoms with Crippen molar-refractivity contribution in [2.24, 2.45) is 0 Å². The summed E-state index contributed by atoms with van der Waals surface area (Å²) in [6.07, 6.45) is 0.0509. The SMILES string of the molecule is CC(=O)SC1CC(=O)N(c2c(F)ccc(Cl)c2C(=O)O)C1. The van der Waals surface area contributed by atoms with Gasteiger partial charge in [-0.3, -0.25) is 9.59 Å². The molecule has 1 atom stereocenters. The maximum atomic E-state index is 14.0. The summed E-state index contributed by atoms with van der Waals surface area (Å²) in [6.45, 7) is 1.45. The van der Waals surface area contributed by atoms with Gasteiger partial charge in [0, 0.05) is 25.1 Å². The minimum absolute atomic E-state index is 0.0509. The monoisotopic (exact) mass is 331 g/mol. The molecule has 21 heavy (non-hydrogen) atoms. The van der Waals surface area contributed by atoms with E-state index in [2.05, 4.69) is 0 Å². The number of amides is 1. The van der Waals surface area contributed by atoms with Crippen LogP contribution in [0.25, 0.3) is 0 Å².